The molecule has 0 unspecified atom stereocenters. The van der Waals surface area contributed by atoms with Gasteiger partial charge in [0.05, 0.1) is 0 Å². The summed E-state index contributed by atoms with van der Waals surface area (Å²) in [5, 5.41) is 0. The van der Waals surface area contributed by atoms with Gasteiger partial charge in [-0.25, -0.2) is 0 Å². The van der Waals surface area contributed by atoms with Gasteiger partial charge in [-0.15, -0.1) is 5.54 Å². The molecule has 3 heteroatoms. The molecule has 90 valence electrons. The van der Waals surface area contributed by atoms with Crippen LogP contribution < -0.4 is 0 Å². The quantitative estimate of drug-likeness (QED) is 0.325. The van der Waals surface area contributed by atoms with Crippen LogP contribution >= 0.6 is 0 Å². The number of rotatable bonds is 4. The third-order valence-corrected chi connectivity index (χ3v) is 2.54. The molecule has 0 saturated heterocycles. The number of hydrogen-bond donors (Lipinski definition) is 0. The fourth-order valence-corrected chi connectivity index (χ4v) is 1.55. The summed E-state index contributed by atoms with van der Waals surface area (Å²) in [4.78, 5) is 10.9. The Hall–Kier alpha value is -1.01. The Morgan fingerprint density at radius 3 is 2.50 bits per heavy atom. The highest BCUT2D eigenvalue weighted by Gasteiger charge is 2.09. The van der Waals surface area contributed by atoms with Crippen LogP contribution in [0.5, 0.6) is 0 Å². The lowest BCUT2D eigenvalue weighted by molar-refractivity contribution is -0.142. The Morgan fingerprint density at radius 1 is 1.44 bits per heavy atom. The van der Waals surface area contributed by atoms with Crippen molar-refractivity contribution in [3.63, 3.8) is 0 Å². The van der Waals surface area contributed by atoms with Gasteiger partial charge in [-0.3, -0.25) is 4.79 Å². The van der Waals surface area contributed by atoms with E-state index in [1.54, 1.807) is 0 Å². The van der Waals surface area contributed by atoms with Gasteiger partial charge in [0.2, 0.25) is 0 Å². The van der Waals surface area contributed by atoms with Crippen LogP contribution in [0.25, 0.3) is 0 Å². The van der Waals surface area contributed by atoms with Gasteiger partial charge in [-0.1, -0.05) is 45.0 Å². The standard InChI is InChI=1S/C13H22O2Si/c1-6-7-8-9-13(15-12(2)14)10-11-16(3,4)5/h8-9,13H,6-7H2,1-5H3/b9-8+/t13-/m1/s1. The number of esters is 1. The van der Waals surface area contributed by atoms with Crippen molar-refractivity contribution in [2.24, 2.45) is 0 Å². The monoisotopic (exact) mass is 238 g/mol. The fraction of sp³-hybridized carbons (Fsp3) is 0.615. The highest BCUT2D eigenvalue weighted by atomic mass is 28.3. The van der Waals surface area contributed by atoms with Crippen LogP contribution in [-0.4, -0.2) is 20.1 Å². The van der Waals surface area contributed by atoms with E-state index in [-0.39, 0.29) is 12.1 Å². The third-order valence-electron chi connectivity index (χ3n) is 1.65. The van der Waals surface area contributed by atoms with E-state index in [0.29, 0.717) is 0 Å². The Morgan fingerprint density at radius 2 is 2.06 bits per heavy atom. The third kappa shape index (κ3) is 9.54. The van der Waals surface area contributed by atoms with Crippen molar-refractivity contribution < 1.29 is 9.53 Å². The maximum absolute atomic E-state index is 10.9. The summed E-state index contributed by atoms with van der Waals surface area (Å²) in [5.41, 5.74) is 3.21. The summed E-state index contributed by atoms with van der Waals surface area (Å²) in [6, 6.07) is 0. The molecule has 0 aliphatic rings. The minimum atomic E-state index is -1.40. The molecule has 0 aliphatic carbocycles. The second kappa shape index (κ2) is 7.29. The van der Waals surface area contributed by atoms with Crippen molar-refractivity contribution in [2.45, 2.75) is 52.4 Å². The average molecular weight is 238 g/mol. The molecule has 0 rings (SSSR count). The Bertz CT molecular complexity index is 302. The molecule has 0 amide bonds. The molecule has 0 aromatic carbocycles. The van der Waals surface area contributed by atoms with E-state index in [9.17, 15) is 4.79 Å². The van der Waals surface area contributed by atoms with Gasteiger partial charge >= 0.3 is 5.97 Å². The molecule has 0 spiro atoms. The van der Waals surface area contributed by atoms with Crippen LogP contribution in [0.2, 0.25) is 19.6 Å². The smallest absolute Gasteiger partial charge is 0.304 e. The normalized spacial score (nSPS) is 13.1. The van der Waals surface area contributed by atoms with E-state index in [0.717, 1.165) is 12.8 Å². The molecule has 0 radical (unpaired) electrons. The van der Waals surface area contributed by atoms with Crippen LogP contribution in [0.15, 0.2) is 12.2 Å². The van der Waals surface area contributed by atoms with Crippen LogP contribution in [0.1, 0.15) is 26.7 Å². The average Bonchev–Trinajstić information content (AvgIpc) is 2.12. The minimum Gasteiger partial charge on any atom is -0.445 e. The van der Waals surface area contributed by atoms with Gasteiger partial charge < -0.3 is 4.74 Å². The SMILES string of the molecule is CCC/C=C/[C@H](C#C[Si](C)(C)C)OC(C)=O. The first-order valence-electron chi connectivity index (χ1n) is 5.71. The second-order valence-corrected chi connectivity index (χ2v) is 9.52. The zero-order valence-corrected chi connectivity index (χ0v) is 12.0. The van der Waals surface area contributed by atoms with Gasteiger partial charge in [-0.2, -0.15) is 0 Å². The molecule has 0 aromatic rings. The van der Waals surface area contributed by atoms with E-state index in [1.807, 2.05) is 12.2 Å². The van der Waals surface area contributed by atoms with Crippen molar-refractivity contribution in [1.29, 1.82) is 0 Å². The number of carbonyl (C=O) groups is 1. The first-order valence-corrected chi connectivity index (χ1v) is 9.21. The van der Waals surface area contributed by atoms with Crippen molar-refractivity contribution in [3.8, 4) is 11.5 Å². The van der Waals surface area contributed by atoms with Crippen molar-refractivity contribution >= 4 is 14.0 Å². The topological polar surface area (TPSA) is 26.3 Å². The molecule has 16 heavy (non-hydrogen) atoms. The van der Waals surface area contributed by atoms with E-state index >= 15 is 0 Å². The summed E-state index contributed by atoms with van der Waals surface area (Å²) < 4.78 is 5.12. The summed E-state index contributed by atoms with van der Waals surface area (Å²) in [7, 11) is -1.40. The zero-order chi connectivity index (χ0) is 12.6. The van der Waals surface area contributed by atoms with Crippen LogP contribution in [0, 0.1) is 11.5 Å². The molecule has 0 saturated carbocycles. The molecule has 2 nitrogen and oxygen atoms in total. The lowest BCUT2D eigenvalue weighted by Crippen LogP contribution is -2.19. The highest BCUT2D eigenvalue weighted by Crippen LogP contribution is 2.01. The molecular formula is C13H22O2Si. The van der Waals surface area contributed by atoms with E-state index in [4.69, 9.17) is 4.74 Å². The first kappa shape index (κ1) is 15.0. The van der Waals surface area contributed by atoms with Gasteiger partial charge in [0.25, 0.3) is 0 Å². The zero-order valence-electron chi connectivity index (χ0n) is 11.0. The van der Waals surface area contributed by atoms with Crippen molar-refractivity contribution in [3.05, 3.63) is 12.2 Å². The Labute approximate surface area is 100 Å². The number of ether oxygens (including phenoxy) is 1. The molecular weight excluding hydrogens is 216 g/mol. The molecule has 0 N–H and O–H groups in total. The van der Waals surface area contributed by atoms with E-state index < -0.39 is 8.07 Å². The molecule has 0 aromatic heterocycles. The largest absolute Gasteiger partial charge is 0.445 e. The van der Waals surface area contributed by atoms with Crippen molar-refractivity contribution in [2.75, 3.05) is 0 Å². The van der Waals surface area contributed by atoms with Crippen molar-refractivity contribution in [1.82, 2.24) is 0 Å². The van der Waals surface area contributed by atoms with Crippen LogP contribution in [-0.2, 0) is 9.53 Å². The lowest BCUT2D eigenvalue weighted by atomic mass is 10.2. The predicted octanol–water partition coefficient (Wildman–Crippen LogP) is 3.16. The van der Waals surface area contributed by atoms with Gasteiger partial charge in [0, 0.05) is 6.92 Å². The summed E-state index contributed by atoms with van der Waals surface area (Å²) in [6.07, 6.45) is 5.59. The lowest BCUT2D eigenvalue weighted by Gasteiger charge is -2.08. The number of carbonyl (C=O) groups excluding carboxylic acids is 1. The summed E-state index contributed by atoms with van der Waals surface area (Å²) >= 11 is 0. The predicted molar refractivity (Wildman–Crippen MR) is 70.7 cm³/mol. The van der Waals surface area contributed by atoms with Crippen LogP contribution in [0.4, 0.5) is 0 Å². The molecule has 0 fully saturated rings. The Kier molecular flexibility index (Phi) is 6.83. The van der Waals surface area contributed by atoms with Gasteiger partial charge in [0.1, 0.15) is 8.07 Å². The maximum Gasteiger partial charge on any atom is 0.304 e. The van der Waals surface area contributed by atoms with Crippen LogP contribution in [0.3, 0.4) is 0 Å². The summed E-state index contributed by atoms with van der Waals surface area (Å²) in [5.74, 6) is 2.75. The Balaban J connectivity index is 4.53. The molecule has 0 bridgehead atoms. The number of hydrogen-bond acceptors (Lipinski definition) is 2. The van der Waals surface area contributed by atoms with Gasteiger partial charge in [-0.05, 0) is 12.5 Å². The highest BCUT2D eigenvalue weighted by molar-refractivity contribution is 6.83. The maximum atomic E-state index is 10.9. The first-order chi connectivity index (χ1) is 7.35. The summed E-state index contributed by atoms with van der Waals surface area (Å²) in [6.45, 7) is 10.0. The fourth-order valence-electron chi connectivity index (χ4n) is 0.970. The molecule has 0 heterocycles. The minimum absolute atomic E-state index is 0.281. The van der Waals surface area contributed by atoms with E-state index in [2.05, 4.69) is 38.0 Å². The van der Waals surface area contributed by atoms with Gasteiger partial charge in [0.15, 0.2) is 6.10 Å². The number of allylic oxidation sites excluding steroid dienone is 1. The molecule has 0 aliphatic heterocycles. The van der Waals surface area contributed by atoms with E-state index in [1.165, 1.54) is 6.92 Å². The second-order valence-electron chi connectivity index (χ2n) is 4.77. The number of unbranched alkanes of at least 4 members (excludes halogenated alkanes) is 1. The molecule has 1 atom stereocenters.